The third-order valence-corrected chi connectivity index (χ3v) is 5.33. The number of rotatable bonds is 4. The van der Waals surface area contributed by atoms with Crippen LogP contribution in [0.5, 0.6) is 0 Å². The lowest BCUT2D eigenvalue weighted by Gasteiger charge is -2.11. The highest BCUT2D eigenvalue weighted by Gasteiger charge is 2.20. The van der Waals surface area contributed by atoms with E-state index >= 15 is 0 Å². The van der Waals surface area contributed by atoms with Crippen LogP contribution in [0, 0.1) is 13.8 Å². The van der Waals surface area contributed by atoms with Gasteiger partial charge in [-0.3, -0.25) is 0 Å². The van der Waals surface area contributed by atoms with Crippen LogP contribution in [-0.4, -0.2) is 21.0 Å². The van der Waals surface area contributed by atoms with Gasteiger partial charge < -0.3 is 5.73 Å². The molecule has 1 aromatic heterocycles. The van der Waals surface area contributed by atoms with Gasteiger partial charge in [-0.1, -0.05) is 0 Å². The number of sulfonamides is 1. The monoisotopic (exact) mass is 248 g/mol. The molecule has 0 aliphatic rings. The summed E-state index contributed by atoms with van der Waals surface area (Å²) >= 11 is 1.28. The molecule has 0 spiro atoms. The molecule has 0 aliphatic heterocycles. The topological polar surface area (TPSA) is 72.2 Å². The zero-order valence-electron chi connectivity index (χ0n) is 9.07. The molecule has 0 saturated heterocycles. The van der Waals surface area contributed by atoms with Crippen LogP contribution in [0.3, 0.4) is 0 Å². The molecule has 0 saturated carbocycles. The van der Waals surface area contributed by atoms with E-state index in [1.807, 2.05) is 13.0 Å². The molecule has 0 fully saturated rings. The van der Waals surface area contributed by atoms with Crippen molar-refractivity contribution in [1.29, 1.82) is 0 Å². The fourth-order valence-corrected chi connectivity index (χ4v) is 4.19. The van der Waals surface area contributed by atoms with Gasteiger partial charge in [0.1, 0.15) is 4.21 Å². The number of aryl methyl sites for hydroxylation is 2. The van der Waals surface area contributed by atoms with Crippen molar-refractivity contribution in [3.63, 3.8) is 0 Å². The third kappa shape index (κ3) is 3.01. The molecule has 0 unspecified atom stereocenters. The van der Waals surface area contributed by atoms with Gasteiger partial charge in [0.25, 0.3) is 10.0 Å². The van der Waals surface area contributed by atoms with E-state index in [4.69, 9.17) is 5.73 Å². The number of hydrogen-bond acceptors (Lipinski definition) is 4. The lowest BCUT2D eigenvalue weighted by atomic mass is 10.4. The van der Waals surface area contributed by atoms with Gasteiger partial charge >= 0.3 is 0 Å². The van der Waals surface area contributed by atoms with Crippen molar-refractivity contribution < 1.29 is 8.42 Å². The second kappa shape index (κ2) is 4.61. The Bertz CT molecular complexity index is 437. The first-order valence-electron chi connectivity index (χ1n) is 4.66. The van der Waals surface area contributed by atoms with Crippen molar-refractivity contribution in [2.75, 3.05) is 6.54 Å². The largest absolute Gasteiger partial charge is 0.329 e. The predicted molar refractivity (Wildman–Crippen MR) is 62.6 cm³/mol. The summed E-state index contributed by atoms with van der Waals surface area (Å²) in [4.78, 5) is 0.994. The van der Waals surface area contributed by atoms with Crippen molar-refractivity contribution in [3.05, 3.63) is 16.5 Å². The maximum absolute atomic E-state index is 11.9. The molecule has 15 heavy (non-hydrogen) atoms. The molecule has 0 aromatic carbocycles. The summed E-state index contributed by atoms with van der Waals surface area (Å²) in [5, 5.41) is 0. The Morgan fingerprint density at radius 3 is 2.53 bits per heavy atom. The van der Waals surface area contributed by atoms with Crippen molar-refractivity contribution >= 4 is 21.4 Å². The zero-order chi connectivity index (χ0) is 11.6. The minimum atomic E-state index is -3.39. The summed E-state index contributed by atoms with van der Waals surface area (Å²) in [6, 6.07) is 1.63. The highest BCUT2D eigenvalue weighted by atomic mass is 32.2. The zero-order valence-corrected chi connectivity index (χ0v) is 10.7. The van der Waals surface area contributed by atoms with Gasteiger partial charge in [0, 0.05) is 17.5 Å². The first-order valence-corrected chi connectivity index (χ1v) is 6.96. The minimum absolute atomic E-state index is 0.239. The van der Waals surface area contributed by atoms with E-state index in [0.717, 1.165) is 10.4 Å². The summed E-state index contributed by atoms with van der Waals surface area (Å²) < 4.78 is 26.7. The molecule has 1 atom stereocenters. The fourth-order valence-electron chi connectivity index (χ4n) is 1.25. The molecule has 6 heteroatoms. The fraction of sp³-hybridized carbons (Fsp3) is 0.556. The molecule has 86 valence electrons. The molecular weight excluding hydrogens is 232 g/mol. The third-order valence-electron chi connectivity index (χ3n) is 1.95. The Hall–Kier alpha value is -0.430. The van der Waals surface area contributed by atoms with E-state index in [1.54, 1.807) is 13.8 Å². The Morgan fingerprint density at radius 2 is 2.13 bits per heavy atom. The van der Waals surface area contributed by atoms with Crippen LogP contribution in [0.1, 0.15) is 17.4 Å². The van der Waals surface area contributed by atoms with Gasteiger partial charge in [0.05, 0.1) is 0 Å². The second-order valence-electron chi connectivity index (χ2n) is 3.59. The van der Waals surface area contributed by atoms with Crippen LogP contribution < -0.4 is 10.5 Å². The molecule has 1 rings (SSSR count). The summed E-state index contributed by atoms with van der Waals surface area (Å²) in [5.74, 6) is 0. The molecule has 4 nitrogen and oxygen atoms in total. The van der Waals surface area contributed by atoms with E-state index in [0.29, 0.717) is 10.8 Å². The van der Waals surface area contributed by atoms with Crippen LogP contribution in [0.25, 0.3) is 0 Å². The van der Waals surface area contributed by atoms with E-state index in [2.05, 4.69) is 4.72 Å². The van der Waals surface area contributed by atoms with E-state index < -0.39 is 10.0 Å². The van der Waals surface area contributed by atoms with Crippen molar-refractivity contribution in [1.82, 2.24) is 4.72 Å². The molecule has 1 aromatic rings. The average molecular weight is 248 g/mol. The Morgan fingerprint density at radius 1 is 1.53 bits per heavy atom. The highest BCUT2D eigenvalue weighted by Crippen LogP contribution is 2.25. The Kier molecular flexibility index (Phi) is 3.88. The van der Waals surface area contributed by atoms with Crippen LogP contribution in [-0.2, 0) is 10.0 Å². The van der Waals surface area contributed by atoms with Gasteiger partial charge in [-0.15, -0.1) is 11.3 Å². The van der Waals surface area contributed by atoms with Crippen LogP contribution in [0.4, 0.5) is 0 Å². The molecule has 1 heterocycles. The number of nitrogens with two attached hydrogens (primary N) is 1. The summed E-state index contributed by atoms with van der Waals surface area (Å²) in [5.41, 5.74) is 6.16. The normalized spacial score (nSPS) is 14.1. The van der Waals surface area contributed by atoms with E-state index in [9.17, 15) is 8.42 Å². The number of thiophene rings is 1. The van der Waals surface area contributed by atoms with Crippen LogP contribution in [0.15, 0.2) is 10.3 Å². The first-order chi connectivity index (χ1) is 6.86. The quantitative estimate of drug-likeness (QED) is 0.834. The lowest BCUT2D eigenvalue weighted by Crippen LogP contribution is -2.37. The van der Waals surface area contributed by atoms with E-state index in [1.165, 1.54) is 11.3 Å². The molecule has 3 N–H and O–H groups in total. The molecule has 0 aliphatic carbocycles. The number of nitrogens with one attached hydrogen (secondary N) is 1. The number of hydrogen-bond donors (Lipinski definition) is 2. The van der Waals surface area contributed by atoms with Crippen molar-refractivity contribution in [3.8, 4) is 0 Å². The van der Waals surface area contributed by atoms with Crippen molar-refractivity contribution in [2.24, 2.45) is 5.73 Å². The second-order valence-corrected chi connectivity index (χ2v) is 6.75. The molecule has 0 radical (unpaired) electrons. The summed E-state index contributed by atoms with van der Waals surface area (Å²) in [6.45, 7) is 5.73. The maximum Gasteiger partial charge on any atom is 0.250 e. The molecule has 0 bridgehead atoms. The van der Waals surface area contributed by atoms with Crippen LogP contribution in [0.2, 0.25) is 0 Å². The van der Waals surface area contributed by atoms with Gasteiger partial charge in [0.2, 0.25) is 0 Å². The average Bonchev–Trinajstić information content (AvgIpc) is 2.45. The summed E-state index contributed by atoms with van der Waals surface area (Å²) in [6.07, 6.45) is 0. The predicted octanol–water partition coefficient (Wildman–Crippen LogP) is 0.990. The summed E-state index contributed by atoms with van der Waals surface area (Å²) in [7, 11) is -3.39. The maximum atomic E-state index is 11.9. The minimum Gasteiger partial charge on any atom is -0.329 e. The lowest BCUT2D eigenvalue weighted by molar-refractivity contribution is 0.564. The molecule has 0 amide bonds. The Labute approximate surface area is 94.5 Å². The molecular formula is C9H16N2O2S2. The van der Waals surface area contributed by atoms with Gasteiger partial charge in [-0.25, -0.2) is 13.1 Å². The standard InChI is InChI=1S/C9H16N2O2S2/c1-6-4-8(3)14-9(6)15(12,13)11-7(2)5-10/h4,7,11H,5,10H2,1-3H3/t7-/m0/s1. The first kappa shape index (κ1) is 12.6. The Balaban J connectivity index is 3.01. The van der Waals surface area contributed by atoms with Gasteiger partial charge in [-0.2, -0.15) is 0 Å². The van der Waals surface area contributed by atoms with Crippen molar-refractivity contribution in [2.45, 2.75) is 31.0 Å². The highest BCUT2D eigenvalue weighted by molar-refractivity contribution is 7.91. The van der Waals surface area contributed by atoms with Crippen LogP contribution >= 0.6 is 11.3 Å². The van der Waals surface area contributed by atoms with Gasteiger partial charge in [0.15, 0.2) is 0 Å². The SMILES string of the molecule is Cc1cc(C)c(S(=O)(=O)N[C@@H](C)CN)s1. The smallest absolute Gasteiger partial charge is 0.250 e. The van der Waals surface area contributed by atoms with Gasteiger partial charge in [-0.05, 0) is 32.4 Å². The van der Waals surface area contributed by atoms with E-state index in [-0.39, 0.29) is 6.04 Å².